The molecule has 0 aliphatic heterocycles. The molecule has 44 heavy (non-hydrogen) atoms. The van der Waals surface area contributed by atoms with E-state index in [1.807, 2.05) is 80.6 Å². The van der Waals surface area contributed by atoms with E-state index in [-0.39, 0.29) is 23.8 Å². The summed E-state index contributed by atoms with van der Waals surface area (Å²) in [6.07, 6.45) is 1.80. The van der Waals surface area contributed by atoms with Gasteiger partial charge in [0, 0.05) is 24.0 Å². The summed E-state index contributed by atoms with van der Waals surface area (Å²) in [7, 11) is -4.12. The van der Waals surface area contributed by atoms with E-state index in [0.29, 0.717) is 12.2 Å². The molecule has 0 saturated carbocycles. The molecule has 0 radical (unpaired) electrons. The van der Waals surface area contributed by atoms with Gasteiger partial charge in [0.1, 0.15) is 12.6 Å². The minimum Gasteiger partial charge on any atom is -0.354 e. The van der Waals surface area contributed by atoms with Gasteiger partial charge in [0.05, 0.1) is 10.6 Å². The van der Waals surface area contributed by atoms with Crippen molar-refractivity contribution < 1.29 is 18.0 Å². The number of sulfonamides is 1. The van der Waals surface area contributed by atoms with Gasteiger partial charge < -0.3 is 10.2 Å². The maximum absolute atomic E-state index is 14.4. The van der Waals surface area contributed by atoms with Gasteiger partial charge in [-0.25, -0.2) is 8.42 Å². The Bertz CT molecular complexity index is 1610. The zero-order valence-corrected chi connectivity index (χ0v) is 27.4. The van der Waals surface area contributed by atoms with E-state index in [9.17, 15) is 18.0 Å². The van der Waals surface area contributed by atoms with Gasteiger partial charge in [0.2, 0.25) is 11.8 Å². The summed E-state index contributed by atoms with van der Waals surface area (Å²) >= 11 is 3.46. The van der Waals surface area contributed by atoms with E-state index in [1.165, 1.54) is 17.0 Å². The lowest BCUT2D eigenvalue weighted by Gasteiger charge is -2.34. The van der Waals surface area contributed by atoms with Gasteiger partial charge in [0.25, 0.3) is 10.0 Å². The Morgan fingerprint density at radius 2 is 1.36 bits per heavy atom. The van der Waals surface area contributed by atoms with E-state index in [0.717, 1.165) is 38.3 Å². The molecule has 7 nitrogen and oxygen atoms in total. The second kappa shape index (κ2) is 15.7. The number of halogens is 1. The molecule has 0 fully saturated rings. The number of anilines is 1. The average Bonchev–Trinajstić information content (AvgIpc) is 3.05. The Morgan fingerprint density at radius 3 is 1.95 bits per heavy atom. The van der Waals surface area contributed by atoms with Gasteiger partial charge in [-0.1, -0.05) is 103 Å². The predicted molar refractivity (Wildman–Crippen MR) is 179 cm³/mol. The predicted octanol–water partition coefficient (Wildman–Crippen LogP) is 6.37. The number of rotatable bonds is 14. The first-order chi connectivity index (χ1) is 21.2. The van der Waals surface area contributed by atoms with E-state index in [4.69, 9.17) is 0 Å². The first kappa shape index (κ1) is 33.0. The summed E-state index contributed by atoms with van der Waals surface area (Å²) in [5.41, 5.74) is 3.12. The lowest BCUT2D eigenvalue weighted by molar-refractivity contribution is -0.140. The van der Waals surface area contributed by atoms with E-state index in [2.05, 4.69) is 21.2 Å². The third kappa shape index (κ3) is 8.57. The Hall–Kier alpha value is -3.95. The van der Waals surface area contributed by atoms with Crippen LogP contribution in [-0.4, -0.2) is 44.3 Å². The third-order valence-corrected chi connectivity index (χ3v) is 9.65. The summed E-state index contributed by atoms with van der Waals surface area (Å²) in [4.78, 5) is 29.7. The molecule has 0 aromatic heterocycles. The highest BCUT2D eigenvalue weighted by Gasteiger charge is 2.34. The molecular formula is C35H38BrN3O4S. The largest absolute Gasteiger partial charge is 0.354 e. The van der Waals surface area contributed by atoms with Crippen molar-refractivity contribution in [2.45, 2.75) is 50.6 Å². The first-order valence-corrected chi connectivity index (χ1v) is 17.0. The van der Waals surface area contributed by atoms with Crippen LogP contribution in [0.4, 0.5) is 5.69 Å². The number of carbonyl (C=O) groups excluding carboxylic acids is 2. The number of hydrogen-bond acceptors (Lipinski definition) is 4. The molecule has 0 spiro atoms. The maximum Gasteiger partial charge on any atom is 0.264 e. The van der Waals surface area contributed by atoms with Crippen molar-refractivity contribution in [3.63, 3.8) is 0 Å². The lowest BCUT2D eigenvalue weighted by Crippen LogP contribution is -2.53. The van der Waals surface area contributed by atoms with E-state index in [1.54, 1.807) is 30.3 Å². The quantitative estimate of drug-likeness (QED) is 0.168. The SMILES string of the molecule is CCCNC(=O)C(Cc1ccccc1)N(Cc1ccc(Br)cc1)C(=O)CN(c1ccc(CC)cc1)S(=O)(=O)c1ccccc1. The number of nitrogens with zero attached hydrogens (tertiary/aromatic N) is 2. The van der Waals surface area contributed by atoms with Crippen LogP contribution in [-0.2, 0) is 39.0 Å². The highest BCUT2D eigenvalue weighted by molar-refractivity contribution is 9.10. The van der Waals surface area contributed by atoms with Crippen molar-refractivity contribution >= 4 is 43.5 Å². The van der Waals surface area contributed by atoms with Crippen LogP contribution in [0.1, 0.15) is 37.0 Å². The molecule has 2 amide bonds. The van der Waals surface area contributed by atoms with Gasteiger partial charge in [-0.3, -0.25) is 13.9 Å². The number of benzene rings is 4. The minimum atomic E-state index is -4.12. The Labute approximate surface area is 269 Å². The molecule has 1 unspecified atom stereocenters. The molecule has 4 rings (SSSR count). The third-order valence-electron chi connectivity index (χ3n) is 7.33. The van der Waals surface area contributed by atoms with Gasteiger partial charge in [-0.05, 0) is 65.9 Å². The van der Waals surface area contributed by atoms with Crippen LogP contribution in [0.15, 0.2) is 119 Å². The van der Waals surface area contributed by atoms with Crippen LogP contribution in [0, 0.1) is 0 Å². The summed E-state index contributed by atoms with van der Waals surface area (Å²) < 4.78 is 30.1. The molecule has 1 atom stereocenters. The molecule has 0 aliphatic rings. The van der Waals surface area contributed by atoms with Gasteiger partial charge >= 0.3 is 0 Å². The van der Waals surface area contributed by atoms with Crippen molar-refractivity contribution in [1.82, 2.24) is 10.2 Å². The fourth-order valence-corrected chi connectivity index (χ4v) is 6.55. The molecule has 1 N–H and O–H groups in total. The molecular weight excluding hydrogens is 638 g/mol. The second-order valence-corrected chi connectivity index (χ2v) is 13.3. The van der Waals surface area contributed by atoms with Crippen molar-refractivity contribution in [3.05, 3.63) is 130 Å². The Morgan fingerprint density at radius 1 is 0.773 bits per heavy atom. The standard InChI is InChI=1S/C35H38BrN3O4S/c1-3-23-37-35(41)33(24-28-11-7-5-8-12-28)38(25-29-15-19-30(36)20-16-29)34(40)26-39(31-21-17-27(4-2)18-22-31)44(42,43)32-13-9-6-10-14-32/h5-22,33H,3-4,23-26H2,1-2H3,(H,37,41). The Kier molecular flexibility index (Phi) is 11.7. The molecule has 0 bridgehead atoms. The monoisotopic (exact) mass is 675 g/mol. The fourth-order valence-electron chi connectivity index (χ4n) is 4.85. The molecule has 4 aromatic rings. The van der Waals surface area contributed by atoms with Crippen molar-refractivity contribution in [2.24, 2.45) is 0 Å². The molecule has 9 heteroatoms. The lowest BCUT2D eigenvalue weighted by atomic mass is 10.0. The number of carbonyl (C=O) groups is 2. The van der Waals surface area contributed by atoms with Crippen LogP contribution < -0.4 is 9.62 Å². The molecule has 230 valence electrons. The van der Waals surface area contributed by atoms with Gasteiger partial charge in [0.15, 0.2) is 0 Å². The summed E-state index contributed by atoms with van der Waals surface area (Å²) in [6.45, 7) is 4.09. The normalized spacial score (nSPS) is 11.9. The first-order valence-electron chi connectivity index (χ1n) is 14.7. The highest BCUT2D eigenvalue weighted by Crippen LogP contribution is 2.26. The van der Waals surface area contributed by atoms with Crippen molar-refractivity contribution in [2.75, 3.05) is 17.4 Å². The number of nitrogens with one attached hydrogen (secondary N) is 1. The topological polar surface area (TPSA) is 86.8 Å². The smallest absolute Gasteiger partial charge is 0.264 e. The van der Waals surface area contributed by atoms with Gasteiger partial charge in [-0.2, -0.15) is 0 Å². The van der Waals surface area contributed by atoms with Crippen LogP contribution in [0.3, 0.4) is 0 Å². The van der Waals surface area contributed by atoms with Crippen LogP contribution in [0.2, 0.25) is 0 Å². The molecule has 4 aromatic carbocycles. The zero-order chi connectivity index (χ0) is 31.5. The Balaban J connectivity index is 1.78. The number of aryl methyl sites for hydroxylation is 1. The zero-order valence-electron chi connectivity index (χ0n) is 25.0. The van der Waals surface area contributed by atoms with Crippen molar-refractivity contribution in [3.8, 4) is 0 Å². The molecule has 0 heterocycles. The van der Waals surface area contributed by atoms with E-state index >= 15 is 0 Å². The summed E-state index contributed by atoms with van der Waals surface area (Å²) in [6, 6.07) is 31.4. The second-order valence-electron chi connectivity index (χ2n) is 10.5. The van der Waals surface area contributed by atoms with Gasteiger partial charge in [-0.15, -0.1) is 0 Å². The van der Waals surface area contributed by atoms with Crippen molar-refractivity contribution in [1.29, 1.82) is 0 Å². The fraction of sp³-hybridized carbons (Fsp3) is 0.257. The number of amides is 2. The van der Waals surface area contributed by atoms with Crippen LogP contribution >= 0.6 is 15.9 Å². The molecule has 0 saturated heterocycles. The summed E-state index contributed by atoms with van der Waals surface area (Å²) in [5, 5.41) is 2.96. The van der Waals surface area contributed by atoms with Crippen LogP contribution in [0.25, 0.3) is 0 Å². The molecule has 0 aliphatic carbocycles. The minimum absolute atomic E-state index is 0.0772. The maximum atomic E-state index is 14.4. The highest BCUT2D eigenvalue weighted by atomic mass is 79.9. The number of hydrogen-bond donors (Lipinski definition) is 1. The van der Waals surface area contributed by atoms with Crippen LogP contribution in [0.5, 0.6) is 0 Å². The summed E-state index contributed by atoms with van der Waals surface area (Å²) in [5.74, 6) is -0.773. The van der Waals surface area contributed by atoms with E-state index < -0.39 is 28.5 Å². The average molecular weight is 677 g/mol.